The topological polar surface area (TPSA) is 86.8 Å². The van der Waals surface area contributed by atoms with Crippen LogP contribution in [0.25, 0.3) is 0 Å². The summed E-state index contributed by atoms with van der Waals surface area (Å²) in [5.41, 5.74) is 3.16. The molecule has 7 nitrogen and oxygen atoms in total. The second-order valence-electron chi connectivity index (χ2n) is 9.09. The second-order valence-corrected chi connectivity index (χ2v) is 11.4. The molecule has 0 spiro atoms. The number of sulfonamides is 1. The van der Waals surface area contributed by atoms with E-state index >= 15 is 0 Å². The van der Waals surface area contributed by atoms with E-state index in [1.54, 1.807) is 36.9 Å². The number of hydrogen-bond acceptors (Lipinski definition) is 4. The molecule has 1 atom stereocenters. The summed E-state index contributed by atoms with van der Waals surface area (Å²) in [6.07, 6.45) is 3.37. The molecular formula is C27H38ClN3O4S. The Morgan fingerprint density at radius 1 is 1.06 bits per heavy atom. The largest absolute Gasteiger partial charge is 0.354 e. The molecule has 2 amide bonds. The van der Waals surface area contributed by atoms with Crippen molar-refractivity contribution in [2.75, 3.05) is 23.7 Å². The Bertz CT molecular complexity index is 1150. The zero-order valence-electron chi connectivity index (χ0n) is 21.9. The number of nitrogens with one attached hydrogen (secondary N) is 1. The van der Waals surface area contributed by atoms with E-state index in [1.807, 2.05) is 38.1 Å². The van der Waals surface area contributed by atoms with Crippen LogP contribution in [0, 0.1) is 13.8 Å². The van der Waals surface area contributed by atoms with Crippen molar-refractivity contribution in [2.24, 2.45) is 0 Å². The highest BCUT2D eigenvalue weighted by molar-refractivity contribution is 7.92. The number of aryl methyl sites for hydroxylation is 1. The maximum atomic E-state index is 13.4. The average molecular weight is 536 g/mol. The highest BCUT2D eigenvalue weighted by Crippen LogP contribution is 2.28. The number of nitrogens with zero attached hydrogens (tertiary/aromatic N) is 2. The summed E-state index contributed by atoms with van der Waals surface area (Å²) in [4.78, 5) is 27.8. The molecule has 0 aliphatic carbocycles. The van der Waals surface area contributed by atoms with Gasteiger partial charge in [-0.3, -0.25) is 13.9 Å². The zero-order valence-corrected chi connectivity index (χ0v) is 23.5. The van der Waals surface area contributed by atoms with E-state index in [2.05, 4.69) is 5.32 Å². The van der Waals surface area contributed by atoms with Crippen molar-refractivity contribution < 1.29 is 18.0 Å². The van der Waals surface area contributed by atoms with E-state index in [9.17, 15) is 18.0 Å². The molecule has 1 unspecified atom stereocenters. The summed E-state index contributed by atoms with van der Waals surface area (Å²) in [7, 11) is -3.59. The van der Waals surface area contributed by atoms with E-state index in [4.69, 9.17) is 11.6 Å². The fourth-order valence-electron chi connectivity index (χ4n) is 3.94. The molecule has 0 aliphatic rings. The number of benzene rings is 2. The van der Waals surface area contributed by atoms with Crippen molar-refractivity contribution in [1.29, 1.82) is 0 Å². The van der Waals surface area contributed by atoms with Crippen LogP contribution in [-0.4, -0.2) is 50.5 Å². The van der Waals surface area contributed by atoms with Crippen LogP contribution in [0.5, 0.6) is 0 Å². The van der Waals surface area contributed by atoms with Crippen molar-refractivity contribution in [3.8, 4) is 0 Å². The van der Waals surface area contributed by atoms with Gasteiger partial charge in [0.15, 0.2) is 0 Å². The van der Waals surface area contributed by atoms with Crippen molar-refractivity contribution in [1.82, 2.24) is 10.2 Å². The summed E-state index contributed by atoms with van der Waals surface area (Å²) < 4.78 is 26.4. The maximum absolute atomic E-state index is 13.4. The molecule has 9 heteroatoms. The predicted molar refractivity (Wildman–Crippen MR) is 147 cm³/mol. The van der Waals surface area contributed by atoms with E-state index in [0.717, 1.165) is 30.2 Å². The molecular weight excluding hydrogens is 498 g/mol. The lowest BCUT2D eigenvalue weighted by Gasteiger charge is -2.30. The fourth-order valence-corrected chi connectivity index (χ4v) is 5.12. The molecule has 0 bridgehead atoms. The number of hydrogen-bond donors (Lipinski definition) is 1. The number of anilines is 1. The van der Waals surface area contributed by atoms with Gasteiger partial charge in [0.1, 0.15) is 6.04 Å². The van der Waals surface area contributed by atoms with Crippen LogP contribution in [0.4, 0.5) is 5.69 Å². The fraction of sp³-hybridized carbons (Fsp3) is 0.481. The number of carbonyl (C=O) groups excluding carboxylic acids is 2. The van der Waals surface area contributed by atoms with E-state index in [-0.39, 0.29) is 24.8 Å². The summed E-state index contributed by atoms with van der Waals surface area (Å²) in [5.74, 6) is -0.398. The van der Waals surface area contributed by atoms with Gasteiger partial charge < -0.3 is 10.2 Å². The number of unbranched alkanes of at least 4 members (excludes halogenated alkanes) is 1. The quantitative estimate of drug-likeness (QED) is 0.372. The summed E-state index contributed by atoms with van der Waals surface area (Å²) in [6, 6.07) is 12.2. The molecule has 2 rings (SSSR count). The first-order valence-corrected chi connectivity index (χ1v) is 14.5. The summed E-state index contributed by atoms with van der Waals surface area (Å²) in [5, 5.41) is 3.39. The molecule has 0 fully saturated rings. The Morgan fingerprint density at radius 2 is 1.75 bits per heavy atom. The Hall–Kier alpha value is -2.58. The van der Waals surface area contributed by atoms with E-state index < -0.39 is 16.1 Å². The van der Waals surface area contributed by atoms with Crippen molar-refractivity contribution in [3.05, 3.63) is 64.2 Å². The molecule has 0 saturated carbocycles. The third kappa shape index (κ3) is 8.23. The zero-order chi connectivity index (χ0) is 26.9. The van der Waals surface area contributed by atoms with Gasteiger partial charge in [-0.1, -0.05) is 55.3 Å². The van der Waals surface area contributed by atoms with Crippen molar-refractivity contribution in [3.63, 3.8) is 0 Å². The van der Waals surface area contributed by atoms with Gasteiger partial charge in [-0.15, -0.1) is 0 Å². The third-order valence-corrected chi connectivity index (χ3v) is 7.85. The second kappa shape index (κ2) is 13.7. The Labute approximate surface area is 220 Å². The minimum atomic E-state index is -3.59. The molecule has 0 saturated heterocycles. The molecule has 198 valence electrons. The number of carbonyl (C=O) groups is 2. The van der Waals surface area contributed by atoms with Gasteiger partial charge >= 0.3 is 0 Å². The van der Waals surface area contributed by atoms with Crippen LogP contribution in [0.15, 0.2) is 42.5 Å². The van der Waals surface area contributed by atoms with Gasteiger partial charge in [0, 0.05) is 31.1 Å². The van der Waals surface area contributed by atoms with Gasteiger partial charge in [0.2, 0.25) is 21.8 Å². The number of halogens is 1. The lowest BCUT2D eigenvalue weighted by atomic mass is 10.1. The molecule has 0 radical (unpaired) electrons. The summed E-state index contributed by atoms with van der Waals surface area (Å²) >= 11 is 6.21. The van der Waals surface area contributed by atoms with Crippen LogP contribution in [0.1, 0.15) is 56.2 Å². The van der Waals surface area contributed by atoms with Crippen LogP contribution in [0.2, 0.25) is 5.02 Å². The Kier molecular flexibility index (Phi) is 11.2. The molecule has 0 heterocycles. The van der Waals surface area contributed by atoms with E-state index in [0.29, 0.717) is 35.8 Å². The molecule has 2 aromatic carbocycles. The lowest BCUT2D eigenvalue weighted by molar-refractivity contribution is -0.140. The molecule has 36 heavy (non-hydrogen) atoms. The molecule has 0 aromatic heterocycles. The number of amides is 2. The van der Waals surface area contributed by atoms with E-state index in [1.165, 1.54) is 4.31 Å². The normalized spacial score (nSPS) is 12.2. The summed E-state index contributed by atoms with van der Waals surface area (Å²) in [6.45, 7) is 8.52. The Morgan fingerprint density at radius 3 is 2.39 bits per heavy atom. The molecule has 0 aliphatic heterocycles. The van der Waals surface area contributed by atoms with Crippen LogP contribution < -0.4 is 9.62 Å². The predicted octanol–water partition coefficient (Wildman–Crippen LogP) is 4.84. The van der Waals surface area contributed by atoms with Crippen molar-refractivity contribution in [2.45, 2.75) is 66.0 Å². The third-order valence-electron chi connectivity index (χ3n) is 6.26. The van der Waals surface area contributed by atoms with Gasteiger partial charge in [0.25, 0.3) is 0 Å². The van der Waals surface area contributed by atoms with Gasteiger partial charge in [-0.25, -0.2) is 8.42 Å². The minimum Gasteiger partial charge on any atom is -0.354 e. The standard InChI is InChI=1S/C27H38ClN3O4S/c1-6-7-17-29-27(33)22(4)30(19-23-13-9-8-12-20(23)2)26(32)16-11-18-31(36(5,34)35)25-15-10-14-24(28)21(25)3/h8-10,12-15,22H,6-7,11,16-19H2,1-5H3,(H,29,33). The lowest BCUT2D eigenvalue weighted by Crippen LogP contribution is -2.48. The first kappa shape index (κ1) is 29.6. The van der Waals surface area contributed by atoms with Crippen LogP contribution in [0.3, 0.4) is 0 Å². The van der Waals surface area contributed by atoms with Gasteiger partial charge in [-0.2, -0.15) is 0 Å². The highest BCUT2D eigenvalue weighted by Gasteiger charge is 2.27. The van der Waals surface area contributed by atoms with Gasteiger partial charge in [-0.05, 0) is 62.4 Å². The Balaban J connectivity index is 2.19. The number of rotatable bonds is 13. The first-order chi connectivity index (χ1) is 17.0. The smallest absolute Gasteiger partial charge is 0.242 e. The highest BCUT2D eigenvalue weighted by atomic mass is 35.5. The SMILES string of the molecule is CCCCNC(=O)C(C)N(Cc1ccccc1C)C(=O)CCCN(c1cccc(Cl)c1C)S(C)(=O)=O. The van der Waals surface area contributed by atoms with Crippen LogP contribution in [-0.2, 0) is 26.2 Å². The average Bonchev–Trinajstić information content (AvgIpc) is 2.82. The molecule has 2 aromatic rings. The van der Waals surface area contributed by atoms with Crippen LogP contribution >= 0.6 is 11.6 Å². The van der Waals surface area contributed by atoms with Gasteiger partial charge in [0.05, 0.1) is 11.9 Å². The minimum absolute atomic E-state index is 0.101. The van der Waals surface area contributed by atoms with Crippen molar-refractivity contribution >= 4 is 39.1 Å². The monoisotopic (exact) mass is 535 g/mol. The first-order valence-electron chi connectivity index (χ1n) is 12.3. The molecule has 1 N–H and O–H groups in total. The maximum Gasteiger partial charge on any atom is 0.242 e.